The van der Waals surface area contributed by atoms with Crippen LogP contribution in [0.4, 0.5) is 5.69 Å². The molecule has 116 valence electrons. The monoisotopic (exact) mass is 301 g/mol. The van der Waals surface area contributed by atoms with E-state index in [0.29, 0.717) is 5.92 Å². The largest absolute Gasteiger partial charge is 0.260 e. The molecule has 0 saturated carbocycles. The Morgan fingerprint density at radius 3 is 2.30 bits per heavy atom. The van der Waals surface area contributed by atoms with Crippen LogP contribution in [0.1, 0.15) is 33.7 Å². The maximum absolute atomic E-state index is 4.75. The highest BCUT2D eigenvalue weighted by Crippen LogP contribution is 2.27. The molecule has 1 heteroatoms. The number of nitrogens with zero attached hydrogens (tertiary/aromatic N) is 1. The Bertz CT molecular complexity index is 758. The van der Waals surface area contributed by atoms with Crippen LogP contribution in [-0.2, 0) is 6.42 Å². The molecule has 0 bridgehead atoms. The van der Waals surface area contributed by atoms with Gasteiger partial charge in [-0.2, -0.15) is 0 Å². The van der Waals surface area contributed by atoms with Gasteiger partial charge in [-0.1, -0.05) is 66.3 Å². The van der Waals surface area contributed by atoms with Crippen molar-refractivity contribution >= 4 is 11.9 Å². The summed E-state index contributed by atoms with van der Waals surface area (Å²) in [6.45, 7) is 6.40. The summed E-state index contributed by atoms with van der Waals surface area (Å²) in [6.07, 6.45) is 11.6. The number of benzene rings is 2. The van der Waals surface area contributed by atoms with Gasteiger partial charge in [0.2, 0.25) is 0 Å². The topological polar surface area (TPSA) is 12.4 Å². The van der Waals surface area contributed by atoms with Gasteiger partial charge < -0.3 is 0 Å². The zero-order valence-electron chi connectivity index (χ0n) is 14.1. The number of aliphatic imine (C=N–C) groups is 1. The van der Waals surface area contributed by atoms with Crippen LogP contribution in [-0.4, -0.2) is 6.21 Å². The summed E-state index contributed by atoms with van der Waals surface area (Å²) >= 11 is 0. The van der Waals surface area contributed by atoms with E-state index >= 15 is 0 Å². The second kappa shape index (κ2) is 6.78. The fourth-order valence-corrected chi connectivity index (χ4v) is 3.30. The van der Waals surface area contributed by atoms with Crippen molar-refractivity contribution in [1.82, 2.24) is 0 Å². The predicted molar refractivity (Wildman–Crippen MR) is 100.0 cm³/mol. The van der Waals surface area contributed by atoms with Gasteiger partial charge >= 0.3 is 0 Å². The van der Waals surface area contributed by atoms with Crippen molar-refractivity contribution in [1.29, 1.82) is 0 Å². The Hall–Kier alpha value is -2.41. The summed E-state index contributed by atoms with van der Waals surface area (Å²) in [5, 5.41) is 0. The van der Waals surface area contributed by atoms with E-state index < -0.39 is 0 Å². The summed E-state index contributed by atoms with van der Waals surface area (Å²) in [5.41, 5.74) is 7.61. The fraction of sp³-hybridized carbons (Fsp3) is 0.227. The number of allylic oxidation sites excluding steroid dienone is 4. The molecule has 0 amide bonds. The Morgan fingerprint density at radius 2 is 1.61 bits per heavy atom. The van der Waals surface area contributed by atoms with Crippen LogP contribution < -0.4 is 0 Å². The zero-order valence-corrected chi connectivity index (χ0v) is 14.1. The van der Waals surface area contributed by atoms with Crippen molar-refractivity contribution in [2.24, 2.45) is 4.99 Å². The van der Waals surface area contributed by atoms with E-state index in [9.17, 15) is 0 Å². The number of aryl methyl sites for hydroxylation is 3. The maximum Gasteiger partial charge on any atom is 0.0684 e. The quantitative estimate of drug-likeness (QED) is 0.636. The summed E-state index contributed by atoms with van der Waals surface area (Å²) in [7, 11) is 0. The molecule has 0 radical (unpaired) electrons. The molecule has 1 aliphatic rings. The average molecular weight is 301 g/mol. The molecule has 23 heavy (non-hydrogen) atoms. The zero-order chi connectivity index (χ0) is 16.2. The van der Waals surface area contributed by atoms with Crippen LogP contribution in [0.15, 0.2) is 65.7 Å². The maximum atomic E-state index is 4.75. The third-order valence-electron chi connectivity index (χ3n) is 4.33. The van der Waals surface area contributed by atoms with Crippen molar-refractivity contribution in [3.8, 4) is 0 Å². The SMILES string of the molecule is Cc1cc(C)c(N=CCc2ccccc2C2C=CC=C2)c(C)c1. The molecule has 0 atom stereocenters. The summed E-state index contributed by atoms with van der Waals surface area (Å²) < 4.78 is 0. The van der Waals surface area contributed by atoms with Crippen LogP contribution >= 0.6 is 0 Å². The lowest BCUT2D eigenvalue weighted by atomic mass is 9.94. The number of hydrogen-bond donors (Lipinski definition) is 0. The second-order valence-electron chi connectivity index (χ2n) is 6.26. The van der Waals surface area contributed by atoms with Crippen LogP contribution in [0.5, 0.6) is 0 Å². The minimum absolute atomic E-state index is 0.405. The first-order valence-corrected chi connectivity index (χ1v) is 8.18. The van der Waals surface area contributed by atoms with E-state index in [1.165, 1.54) is 27.8 Å². The van der Waals surface area contributed by atoms with Crippen molar-refractivity contribution < 1.29 is 0 Å². The first-order chi connectivity index (χ1) is 11.1. The van der Waals surface area contributed by atoms with Crippen LogP contribution in [0.2, 0.25) is 0 Å². The summed E-state index contributed by atoms with van der Waals surface area (Å²) in [5.74, 6) is 0.405. The minimum atomic E-state index is 0.405. The molecule has 2 aromatic rings. The molecule has 0 unspecified atom stereocenters. The third kappa shape index (κ3) is 3.50. The molecule has 0 heterocycles. The van der Waals surface area contributed by atoms with Gasteiger partial charge in [0, 0.05) is 18.6 Å². The first-order valence-electron chi connectivity index (χ1n) is 8.18. The van der Waals surface area contributed by atoms with Gasteiger partial charge in [0.05, 0.1) is 5.69 Å². The van der Waals surface area contributed by atoms with E-state index in [-0.39, 0.29) is 0 Å². The van der Waals surface area contributed by atoms with Gasteiger partial charge in [0.15, 0.2) is 0 Å². The molecule has 0 fully saturated rings. The van der Waals surface area contributed by atoms with E-state index in [1.54, 1.807) is 0 Å². The molecule has 3 rings (SSSR count). The smallest absolute Gasteiger partial charge is 0.0684 e. The minimum Gasteiger partial charge on any atom is -0.260 e. The van der Waals surface area contributed by atoms with Gasteiger partial charge in [-0.3, -0.25) is 4.99 Å². The van der Waals surface area contributed by atoms with Crippen molar-refractivity contribution in [3.63, 3.8) is 0 Å². The molecule has 0 spiro atoms. The molecule has 2 aromatic carbocycles. The van der Waals surface area contributed by atoms with Crippen LogP contribution in [0.3, 0.4) is 0 Å². The van der Waals surface area contributed by atoms with Crippen LogP contribution in [0, 0.1) is 20.8 Å². The summed E-state index contributed by atoms with van der Waals surface area (Å²) in [6, 6.07) is 13.0. The lowest BCUT2D eigenvalue weighted by molar-refractivity contribution is 1.06. The van der Waals surface area contributed by atoms with Gasteiger partial charge in [-0.05, 0) is 43.0 Å². The molecular formula is C22H23N. The summed E-state index contributed by atoms with van der Waals surface area (Å²) in [4.78, 5) is 4.75. The van der Waals surface area contributed by atoms with Crippen LogP contribution in [0.25, 0.3) is 0 Å². The van der Waals surface area contributed by atoms with Gasteiger partial charge in [-0.25, -0.2) is 0 Å². The molecular weight excluding hydrogens is 278 g/mol. The number of rotatable bonds is 4. The second-order valence-corrected chi connectivity index (χ2v) is 6.26. The van der Waals surface area contributed by atoms with E-state index in [4.69, 9.17) is 4.99 Å². The lowest BCUT2D eigenvalue weighted by Gasteiger charge is -2.11. The Balaban J connectivity index is 1.82. The van der Waals surface area contributed by atoms with E-state index in [0.717, 1.165) is 12.1 Å². The highest BCUT2D eigenvalue weighted by atomic mass is 14.7. The molecule has 1 nitrogen and oxygen atoms in total. The average Bonchev–Trinajstić information content (AvgIpc) is 3.04. The fourth-order valence-electron chi connectivity index (χ4n) is 3.30. The van der Waals surface area contributed by atoms with E-state index in [1.807, 2.05) is 6.21 Å². The van der Waals surface area contributed by atoms with E-state index in [2.05, 4.69) is 81.5 Å². The molecule has 0 saturated heterocycles. The van der Waals surface area contributed by atoms with Crippen molar-refractivity contribution in [2.45, 2.75) is 33.1 Å². The highest BCUT2D eigenvalue weighted by Gasteiger charge is 2.10. The number of hydrogen-bond acceptors (Lipinski definition) is 1. The predicted octanol–water partition coefficient (Wildman–Crippen LogP) is 5.77. The molecule has 0 aliphatic heterocycles. The van der Waals surface area contributed by atoms with Crippen molar-refractivity contribution in [3.05, 3.63) is 88.5 Å². The first kappa shape index (κ1) is 15.5. The molecule has 0 aromatic heterocycles. The molecule has 1 aliphatic carbocycles. The van der Waals surface area contributed by atoms with Gasteiger partial charge in [-0.15, -0.1) is 0 Å². The van der Waals surface area contributed by atoms with Gasteiger partial charge in [0.25, 0.3) is 0 Å². The Morgan fingerprint density at radius 1 is 0.957 bits per heavy atom. The highest BCUT2D eigenvalue weighted by molar-refractivity contribution is 5.70. The van der Waals surface area contributed by atoms with Gasteiger partial charge in [0.1, 0.15) is 0 Å². The normalized spacial score (nSPS) is 14.2. The molecule has 0 N–H and O–H groups in total. The standard InChI is InChI=1S/C22H23N/c1-16-14-17(2)22(18(3)15-16)23-13-12-20-10-6-7-11-21(20)19-8-4-5-9-19/h4-11,13-15,19H,12H2,1-3H3. The Labute approximate surface area is 139 Å². The third-order valence-corrected chi connectivity index (χ3v) is 4.33. The van der Waals surface area contributed by atoms with Crippen molar-refractivity contribution in [2.75, 3.05) is 0 Å². The Kier molecular flexibility index (Phi) is 4.57. The lowest BCUT2D eigenvalue weighted by Crippen LogP contribution is -1.98.